The summed E-state index contributed by atoms with van der Waals surface area (Å²) in [5, 5.41) is 13.2. The molecular weight excluding hydrogens is 345 g/mol. The molecule has 2 aromatic rings. The minimum Gasteiger partial charge on any atom is -0.394 e. The average molecular weight is 359 g/mol. The van der Waals surface area contributed by atoms with Crippen LogP contribution in [0.1, 0.15) is 12.5 Å². The maximum Gasteiger partial charge on any atom is 0.124 e. The Hall–Kier alpha value is -1.10. The van der Waals surface area contributed by atoms with E-state index in [4.69, 9.17) is 11.6 Å². The first-order valence-electron chi connectivity index (χ1n) is 6.05. The largest absolute Gasteiger partial charge is 0.394 e. The standard InChI is InChI=1S/C15H14BrClFNO/c1-15(9-20,13-7-4-11(18)8-14(13)17)19-12-5-2-10(16)3-6-12/h2-8,19-20H,9H2,1H3. The van der Waals surface area contributed by atoms with Crippen LogP contribution >= 0.6 is 27.5 Å². The van der Waals surface area contributed by atoms with Gasteiger partial charge >= 0.3 is 0 Å². The third kappa shape index (κ3) is 3.32. The maximum atomic E-state index is 13.1. The van der Waals surface area contributed by atoms with E-state index in [1.807, 2.05) is 31.2 Å². The van der Waals surface area contributed by atoms with Crippen LogP contribution in [0, 0.1) is 5.82 Å². The molecule has 0 spiro atoms. The van der Waals surface area contributed by atoms with Gasteiger partial charge in [-0.3, -0.25) is 0 Å². The van der Waals surface area contributed by atoms with Crippen molar-refractivity contribution in [3.8, 4) is 0 Å². The smallest absolute Gasteiger partial charge is 0.124 e. The molecule has 1 atom stereocenters. The van der Waals surface area contributed by atoms with Crippen LogP contribution in [0.5, 0.6) is 0 Å². The number of benzene rings is 2. The number of anilines is 1. The number of halogens is 3. The van der Waals surface area contributed by atoms with E-state index in [2.05, 4.69) is 21.2 Å². The topological polar surface area (TPSA) is 32.3 Å². The molecule has 0 aromatic heterocycles. The number of nitrogens with one attached hydrogen (secondary N) is 1. The van der Waals surface area contributed by atoms with Crippen molar-refractivity contribution in [1.29, 1.82) is 0 Å². The fourth-order valence-electron chi connectivity index (χ4n) is 1.98. The Morgan fingerprint density at radius 3 is 2.45 bits per heavy atom. The van der Waals surface area contributed by atoms with Crippen molar-refractivity contribution in [1.82, 2.24) is 0 Å². The highest BCUT2D eigenvalue weighted by Crippen LogP contribution is 2.32. The van der Waals surface area contributed by atoms with Crippen LogP contribution in [0.3, 0.4) is 0 Å². The molecule has 0 aliphatic carbocycles. The molecule has 2 nitrogen and oxygen atoms in total. The first kappa shape index (κ1) is 15.3. The molecule has 0 saturated heterocycles. The van der Waals surface area contributed by atoms with Crippen molar-refractivity contribution in [2.45, 2.75) is 12.5 Å². The van der Waals surface area contributed by atoms with E-state index in [-0.39, 0.29) is 11.6 Å². The monoisotopic (exact) mass is 357 g/mol. The van der Waals surface area contributed by atoms with Crippen molar-refractivity contribution < 1.29 is 9.50 Å². The summed E-state index contributed by atoms with van der Waals surface area (Å²) >= 11 is 9.45. The Morgan fingerprint density at radius 1 is 1.25 bits per heavy atom. The fraction of sp³-hybridized carbons (Fsp3) is 0.200. The van der Waals surface area contributed by atoms with Gasteiger partial charge in [0.15, 0.2) is 0 Å². The Kier molecular flexibility index (Phi) is 4.68. The Morgan fingerprint density at radius 2 is 1.90 bits per heavy atom. The molecule has 0 amide bonds. The minimum atomic E-state index is -0.793. The van der Waals surface area contributed by atoms with Crippen molar-refractivity contribution in [3.63, 3.8) is 0 Å². The SMILES string of the molecule is CC(CO)(Nc1ccc(Br)cc1)c1ccc(F)cc1Cl. The number of hydrogen-bond acceptors (Lipinski definition) is 2. The van der Waals surface area contributed by atoms with Gasteiger partial charge < -0.3 is 10.4 Å². The molecular formula is C15H14BrClFNO. The third-order valence-electron chi connectivity index (χ3n) is 3.11. The van der Waals surface area contributed by atoms with Crippen molar-refractivity contribution in [2.75, 3.05) is 11.9 Å². The molecule has 2 aromatic carbocycles. The number of aliphatic hydroxyl groups excluding tert-OH is 1. The molecule has 0 heterocycles. The molecule has 0 aliphatic rings. The van der Waals surface area contributed by atoms with Gasteiger partial charge in [0.25, 0.3) is 0 Å². The highest BCUT2D eigenvalue weighted by molar-refractivity contribution is 9.10. The zero-order valence-electron chi connectivity index (χ0n) is 10.8. The van der Waals surface area contributed by atoms with Gasteiger partial charge in [-0.15, -0.1) is 0 Å². The Balaban J connectivity index is 2.35. The second-order valence-electron chi connectivity index (χ2n) is 4.75. The lowest BCUT2D eigenvalue weighted by Gasteiger charge is -2.31. The molecule has 0 saturated carbocycles. The van der Waals surface area contributed by atoms with Crippen molar-refractivity contribution >= 4 is 33.2 Å². The molecule has 5 heteroatoms. The summed E-state index contributed by atoms with van der Waals surface area (Å²) in [6, 6.07) is 11.7. The quantitative estimate of drug-likeness (QED) is 0.839. The minimum absolute atomic E-state index is 0.172. The number of rotatable bonds is 4. The lowest BCUT2D eigenvalue weighted by Crippen LogP contribution is -2.36. The van der Waals surface area contributed by atoms with Gasteiger partial charge in [-0.25, -0.2) is 4.39 Å². The zero-order chi connectivity index (χ0) is 14.8. The van der Waals surface area contributed by atoms with Crippen LogP contribution in [0.25, 0.3) is 0 Å². The lowest BCUT2D eigenvalue weighted by molar-refractivity contribution is 0.224. The predicted octanol–water partition coefficient (Wildman–Crippen LogP) is 4.56. The predicted molar refractivity (Wildman–Crippen MR) is 83.6 cm³/mol. The van der Waals surface area contributed by atoms with Gasteiger partial charge in [-0.1, -0.05) is 33.6 Å². The van der Waals surface area contributed by atoms with E-state index < -0.39 is 11.4 Å². The van der Waals surface area contributed by atoms with Crippen molar-refractivity contribution in [2.24, 2.45) is 0 Å². The number of aliphatic hydroxyl groups is 1. The molecule has 1 unspecified atom stereocenters. The van der Waals surface area contributed by atoms with Gasteiger partial charge in [-0.05, 0) is 48.9 Å². The summed E-state index contributed by atoms with van der Waals surface area (Å²) in [6.45, 7) is 1.64. The van der Waals surface area contributed by atoms with Crippen LogP contribution < -0.4 is 5.32 Å². The second kappa shape index (κ2) is 6.12. The summed E-state index contributed by atoms with van der Waals surface area (Å²) in [5.74, 6) is -0.400. The summed E-state index contributed by atoms with van der Waals surface area (Å²) in [6.07, 6.45) is 0. The molecule has 0 radical (unpaired) electrons. The fourth-order valence-corrected chi connectivity index (χ4v) is 2.62. The summed E-state index contributed by atoms with van der Waals surface area (Å²) in [5.41, 5.74) is 0.689. The second-order valence-corrected chi connectivity index (χ2v) is 6.07. The van der Waals surface area contributed by atoms with E-state index in [1.54, 1.807) is 6.07 Å². The van der Waals surface area contributed by atoms with Gasteiger partial charge in [0.1, 0.15) is 5.82 Å². The van der Waals surface area contributed by atoms with E-state index in [0.29, 0.717) is 5.56 Å². The zero-order valence-corrected chi connectivity index (χ0v) is 13.2. The lowest BCUT2D eigenvalue weighted by atomic mass is 9.92. The maximum absolute atomic E-state index is 13.1. The molecule has 0 bridgehead atoms. The van der Waals surface area contributed by atoms with Gasteiger partial charge in [0, 0.05) is 15.2 Å². The summed E-state index contributed by atoms with van der Waals surface area (Å²) in [4.78, 5) is 0. The van der Waals surface area contributed by atoms with Gasteiger partial charge in [0.2, 0.25) is 0 Å². The van der Waals surface area contributed by atoms with Crippen LogP contribution in [-0.4, -0.2) is 11.7 Å². The van der Waals surface area contributed by atoms with E-state index >= 15 is 0 Å². The van der Waals surface area contributed by atoms with Crippen molar-refractivity contribution in [3.05, 3.63) is 63.3 Å². The van der Waals surface area contributed by atoms with E-state index in [0.717, 1.165) is 10.2 Å². The number of hydrogen-bond donors (Lipinski definition) is 2. The van der Waals surface area contributed by atoms with Crippen LogP contribution in [0.2, 0.25) is 5.02 Å². The van der Waals surface area contributed by atoms with Gasteiger partial charge in [0.05, 0.1) is 12.1 Å². The van der Waals surface area contributed by atoms with Crippen LogP contribution in [0.15, 0.2) is 46.9 Å². The molecule has 20 heavy (non-hydrogen) atoms. The summed E-state index contributed by atoms with van der Waals surface area (Å²) < 4.78 is 14.1. The first-order valence-corrected chi connectivity index (χ1v) is 7.22. The average Bonchev–Trinajstić information content (AvgIpc) is 2.41. The normalized spacial score (nSPS) is 13.8. The first-order chi connectivity index (χ1) is 9.44. The molecule has 2 rings (SSSR count). The van der Waals surface area contributed by atoms with E-state index in [1.165, 1.54) is 12.1 Å². The molecule has 0 fully saturated rings. The van der Waals surface area contributed by atoms with Gasteiger partial charge in [-0.2, -0.15) is 0 Å². The molecule has 0 aliphatic heterocycles. The highest BCUT2D eigenvalue weighted by Gasteiger charge is 2.28. The van der Waals surface area contributed by atoms with E-state index in [9.17, 15) is 9.50 Å². The highest BCUT2D eigenvalue weighted by atomic mass is 79.9. The molecule has 2 N–H and O–H groups in total. The third-order valence-corrected chi connectivity index (χ3v) is 3.95. The van der Waals surface area contributed by atoms with Crippen LogP contribution in [0.4, 0.5) is 10.1 Å². The Labute approximate surface area is 130 Å². The summed E-state index contributed by atoms with van der Waals surface area (Å²) in [7, 11) is 0. The molecule has 106 valence electrons. The van der Waals surface area contributed by atoms with Crippen LogP contribution in [-0.2, 0) is 5.54 Å². The Bertz CT molecular complexity index is 605.